The van der Waals surface area contributed by atoms with Crippen molar-refractivity contribution in [1.29, 1.82) is 0 Å². The minimum atomic E-state index is -0.283. The van der Waals surface area contributed by atoms with Gasteiger partial charge in [0.2, 0.25) is 5.91 Å². The number of hydrogen-bond acceptors (Lipinski definition) is 3. The summed E-state index contributed by atoms with van der Waals surface area (Å²) in [5.41, 5.74) is 5.25. The Morgan fingerprint density at radius 3 is 2.73 bits per heavy atom. The lowest BCUT2D eigenvalue weighted by Crippen LogP contribution is -2.42. The van der Waals surface area contributed by atoms with Gasteiger partial charge < -0.3 is 16.2 Å². The maximum atomic E-state index is 10.9. The van der Waals surface area contributed by atoms with Crippen LogP contribution in [0.4, 0.5) is 0 Å². The van der Waals surface area contributed by atoms with Gasteiger partial charge in [0.05, 0.1) is 12.6 Å². The summed E-state index contributed by atoms with van der Waals surface area (Å²) in [6.45, 7) is 2.12. The lowest BCUT2D eigenvalue weighted by molar-refractivity contribution is -0.122. The first kappa shape index (κ1) is 10.4. The molecule has 0 rings (SSSR count). The van der Waals surface area contributed by atoms with Gasteiger partial charge in [0.15, 0.2) is 0 Å². The molecule has 0 spiro atoms. The number of amides is 1. The standard InChI is InChI=1S/C7H16N2O2/c1-2-3-7(11)9-6(4-8)5-10/h6,10H,2-5,8H2,1H3,(H,9,11). The van der Waals surface area contributed by atoms with E-state index >= 15 is 0 Å². The summed E-state index contributed by atoms with van der Waals surface area (Å²) in [5.74, 6) is -0.0444. The normalized spacial score (nSPS) is 12.6. The molecule has 0 saturated heterocycles. The summed E-state index contributed by atoms with van der Waals surface area (Å²) >= 11 is 0. The highest BCUT2D eigenvalue weighted by atomic mass is 16.3. The third-order valence-electron chi connectivity index (χ3n) is 1.35. The zero-order valence-electron chi connectivity index (χ0n) is 6.84. The van der Waals surface area contributed by atoms with Gasteiger partial charge in [-0.25, -0.2) is 0 Å². The lowest BCUT2D eigenvalue weighted by atomic mass is 10.2. The number of aliphatic hydroxyl groups excluding tert-OH is 1. The van der Waals surface area contributed by atoms with Gasteiger partial charge in [-0.15, -0.1) is 0 Å². The Balaban J connectivity index is 3.54. The highest BCUT2D eigenvalue weighted by molar-refractivity contribution is 5.76. The van der Waals surface area contributed by atoms with Crippen LogP contribution in [0.15, 0.2) is 0 Å². The first-order valence-electron chi connectivity index (χ1n) is 3.84. The van der Waals surface area contributed by atoms with E-state index < -0.39 is 0 Å². The average molecular weight is 160 g/mol. The zero-order valence-corrected chi connectivity index (χ0v) is 6.84. The molecule has 0 saturated carbocycles. The summed E-state index contributed by atoms with van der Waals surface area (Å²) in [5, 5.41) is 11.3. The Hall–Kier alpha value is -0.610. The Morgan fingerprint density at radius 2 is 2.36 bits per heavy atom. The Kier molecular flexibility index (Phi) is 5.78. The van der Waals surface area contributed by atoms with Crippen LogP contribution < -0.4 is 11.1 Å². The van der Waals surface area contributed by atoms with Gasteiger partial charge in [0, 0.05) is 13.0 Å². The molecule has 1 atom stereocenters. The van der Waals surface area contributed by atoms with Crippen molar-refractivity contribution in [1.82, 2.24) is 5.32 Å². The van der Waals surface area contributed by atoms with Crippen molar-refractivity contribution in [2.24, 2.45) is 5.73 Å². The molecule has 0 heterocycles. The minimum absolute atomic E-state index is 0.0444. The second-order valence-corrected chi connectivity index (χ2v) is 2.43. The number of nitrogens with two attached hydrogens (primary N) is 1. The third-order valence-corrected chi connectivity index (χ3v) is 1.35. The second-order valence-electron chi connectivity index (χ2n) is 2.43. The molecule has 4 nitrogen and oxygen atoms in total. The molecule has 0 bridgehead atoms. The molecule has 0 aliphatic carbocycles. The molecular formula is C7H16N2O2. The Bertz CT molecular complexity index is 113. The number of hydrogen-bond donors (Lipinski definition) is 3. The van der Waals surface area contributed by atoms with Gasteiger partial charge in [-0.2, -0.15) is 0 Å². The van der Waals surface area contributed by atoms with Crippen molar-refractivity contribution >= 4 is 5.91 Å². The number of carbonyl (C=O) groups is 1. The number of rotatable bonds is 5. The molecule has 0 aliphatic rings. The molecule has 0 aromatic rings. The van der Waals surface area contributed by atoms with Crippen molar-refractivity contribution in [3.8, 4) is 0 Å². The molecule has 0 fully saturated rings. The number of aliphatic hydroxyl groups is 1. The topological polar surface area (TPSA) is 75.4 Å². The molecule has 0 aromatic carbocycles. The number of nitrogens with one attached hydrogen (secondary N) is 1. The Labute approximate surface area is 66.8 Å². The van der Waals surface area contributed by atoms with E-state index in [9.17, 15) is 4.79 Å². The van der Waals surface area contributed by atoms with Crippen molar-refractivity contribution in [2.45, 2.75) is 25.8 Å². The largest absolute Gasteiger partial charge is 0.394 e. The fraction of sp³-hybridized carbons (Fsp3) is 0.857. The van der Waals surface area contributed by atoms with E-state index in [1.165, 1.54) is 0 Å². The van der Waals surface area contributed by atoms with E-state index in [0.717, 1.165) is 6.42 Å². The molecule has 0 aliphatic heterocycles. The highest BCUT2D eigenvalue weighted by Crippen LogP contribution is 1.87. The SMILES string of the molecule is CCCC(=O)NC(CN)CO. The summed E-state index contributed by atoms with van der Waals surface area (Å²) < 4.78 is 0. The predicted octanol–water partition coefficient (Wildman–Crippen LogP) is -0.778. The van der Waals surface area contributed by atoms with Gasteiger partial charge >= 0.3 is 0 Å². The van der Waals surface area contributed by atoms with Crippen LogP contribution in [0, 0.1) is 0 Å². The smallest absolute Gasteiger partial charge is 0.220 e. The average Bonchev–Trinajstić information content (AvgIpc) is 2.01. The van der Waals surface area contributed by atoms with Crippen molar-refractivity contribution in [3.63, 3.8) is 0 Å². The van der Waals surface area contributed by atoms with Gasteiger partial charge in [0.25, 0.3) is 0 Å². The molecule has 1 unspecified atom stereocenters. The van der Waals surface area contributed by atoms with E-state index in [1.54, 1.807) is 0 Å². The van der Waals surface area contributed by atoms with Gasteiger partial charge in [-0.1, -0.05) is 6.92 Å². The summed E-state index contributed by atoms with van der Waals surface area (Å²) in [6, 6.07) is -0.283. The van der Waals surface area contributed by atoms with Crippen LogP contribution in [0.1, 0.15) is 19.8 Å². The predicted molar refractivity (Wildman–Crippen MR) is 43.0 cm³/mol. The van der Waals surface area contributed by atoms with E-state index in [2.05, 4.69) is 5.32 Å². The maximum absolute atomic E-state index is 10.9. The molecule has 4 heteroatoms. The zero-order chi connectivity index (χ0) is 8.69. The van der Waals surface area contributed by atoms with Crippen LogP contribution in [0.25, 0.3) is 0 Å². The van der Waals surface area contributed by atoms with E-state index in [-0.39, 0.29) is 25.1 Å². The quantitative estimate of drug-likeness (QED) is 0.494. The van der Waals surface area contributed by atoms with Crippen LogP contribution in [-0.4, -0.2) is 30.2 Å². The summed E-state index contributed by atoms with van der Waals surface area (Å²) in [7, 11) is 0. The van der Waals surface area contributed by atoms with Crippen molar-refractivity contribution in [2.75, 3.05) is 13.2 Å². The molecule has 0 aromatic heterocycles. The molecule has 1 amide bonds. The van der Waals surface area contributed by atoms with Gasteiger partial charge in [-0.05, 0) is 6.42 Å². The first-order valence-corrected chi connectivity index (χ1v) is 3.84. The van der Waals surface area contributed by atoms with Crippen LogP contribution in [0.3, 0.4) is 0 Å². The molecular weight excluding hydrogens is 144 g/mol. The molecule has 11 heavy (non-hydrogen) atoms. The van der Waals surface area contributed by atoms with Gasteiger partial charge in [-0.3, -0.25) is 4.79 Å². The van der Waals surface area contributed by atoms with Crippen molar-refractivity contribution < 1.29 is 9.90 Å². The summed E-state index contributed by atoms with van der Waals surface area (Å²) in [4.78, 5) is 10.9. The molecule has 66 valence electrons. The van der Waals surface area contributed by atoms with Crippen LogP contribution in [-0.2, 0) is 4.79 Å². The van der Waals surface area contributed by atoms with Crippen molar-refractivity contribution in [3.05, 3.63) is 0 Å². The molecule has 0 radical (unpaired) electrons. The maximum Gasteiger partial charge on any atom is 0.220 e. The minimum Gasteiger partial charge on any atom is -0.394 e. The molecule has 4 N–H and O–H groups in total. The third kappa shape index (κ3) is 4.75. The van der Waals surface area contributed by atoms with Crippen LogP contribution in [0.2, 0.25) is 0 Å². The second kappa shape index (κ2) is 6.12. The van der Waals surface area contributed by atoms with Crippen LogP contribution in [0.5, 0.6) is 0 Å². The fourth-order valence-corrected chi connectivity index (χ4v) is 0.706. The van der Waals surface area contributed by atoms with Gasteiger partial charge in [0.1, 0.15) is 0 Å². The monoisotopic (exact) mass is 160 g/mol. The number of carbonyl (C=O) groups excluding carboxylic acids is 1. The van der Waals surface area contributed by atoms with E-state index in [0.29, 0.717) is 6.42 Å². The fourth-order valence-electron chi connectivity index (χ4n) is 0.706. The van der Waals surface area contributed by atoms with E-state index in [4.69, 9.17) is 10.8 Å². The highest BCUT2D eigenvalue weighted by Gasteiger charge is 2.07. The Morgan fingerprint density at radius 1 is 1.73 bits per heavy atom. The lowest BCUT2D eigenvalue weighted by Gasteiger charge is -2.12. The van der Waals surface area contributed by atoms with E-state index in [1.807, 2.05) is 6.92 Å². The first-order chi connectivity index (χ1) is 5.24. The van der Waals surface area contributed by atoms with Crippen LogP contribution >= 0.6 is 0 Å². The summed E-state index contributed by atoms with van der Waals surface area (Å²) in [6.07, 6.45) is 1.31.